The molecule has 0 saturated carbocycles. The molecule has 1 saturated heterocycles. The van der Waals surface area contributed by atoms with Crippen molar-refractivity contribution in [2.45, 2.75) is 12.8 Å². The molecule has 0 aromatic heterocycles. The molecule has 0 unspecified atom stereocenters. The second-order valence-corrected chi connectivity index (χ2v) is 6.24. The SMILES string of the molecule is COc1ccc(/C=N\NC(=O)c2ccc(N3CCCC3)cc2)cc1Cl. The van der Waals surface area contributed by atoms with Gasteiger partial charge in [-0.25, -0.2) is 5.43 Å². The summed E-state index contributed by atoms with van der Waals surface area (Å²) in [5.41, 5.74) is 5.04. The fraction of sp³-hybridized carbons (Fsp3) is 0.263. The van der Waals surface area contributed by atoms with Gasteiger partial charge in [-0.15, -0.1) is 0 Å². The van der Waals surface area contributed by atoms with Gasteiger partial charge in [-0.1, -0.05) is 11.6 Å². The fourth-order valence-corrected chi connectivity index (χ4v) is 3.06. The maximum absolute atomic E-state index is 12.2. The highest BCUT2D eigenvalue weighted by Crippen LogP contribution is 2.24. The zero-order valence-corrected chi connectivity index (χ0v) is 14.8. The van der Waals surface area contributed by atoms with Crippen molar-refractivity contribution in [2.24, 2.45) is 5.10 Å². The van der Waals surface area contributed by atoms with Crippen LogP contribution in [0.5, 0.6) is 5.75 Å². The summed E-state index contributed by atoms with van der Waals surface area (Å²) in [6.07, 6.45) is 4.00. The van der Waals surface area contributed by atoms with E-state index in [2.05, 4.69) is 15.4 Å². The van der Waals surface area contributed by atoms with Crippen molar-refractivity contribution >= 4 is 29.4 Å². The Morgan fingerprint density at radius 2 is 1.92 bits per heavy atom. The van der Waals surface area contributed by atoms with E-state index in [0.29, 0.717) is 16.3 Å². The number of hydrogen-bond donors (Lipinski definition) is 1. The molecule has 5 nitrogen and oxygen atoms in total. The topological polar surface area (TPSA) is 53.9 Å². The van der Waals surface area contributed by atoms with Crippen LogP contribution in [-0.2, 0) is 0 Å². The second kappa shape index (κ2) is 8.03. The monoisotopic (exact) mass is 357 g/mol. The molecule has 0 aliphatic carbocycles. The number of nitrogens with one attached hydrogen (secondary N) is 1. The standard InChI is InChI=1S/C19H20ClN3O2/c1-25-18-9-4-14(12-17(18)20)13-21-22-19(24)15-5-7-16(8-6-15)23-10-2-3-11-23/h4-9,12-13H,2-3,10-11H2,1H3,(H,22,24)/b21-13-. The molecule has 1 heterocycles. The second-order valence-electron chi connectivity index (χ2n) is 5.83. The minimum Gasteiger partial charge on any atom is -0.495 e. The van der Waals surface area contributed by atoms with Gasteiger partial charge >= 0.3 is 0 Å². The van der Waals surface area contributed by atoms with Gasteiger partial charge in [0.2, 0.25) is 0 Å². The molecular formula is C19H20ClN3O2. The Labute approximate surface area is 152 Å². The Morgan fingerprint density at radius 3 is 2.56 bits per heavy atom. The molecule has 2 aromatic carbocycles. The molecule has 1 aliphatic rings. The molecule has 0 radical (unpaired) electrons. The number of carbonyl (C=O) groups excluding carboxylic acids is 1. The van der Waals surface area contributed by atoms with Crippen molar-refractivity contribution in [2.75, 3.05) is 25.1 Å². The number of amides is 1. The Bertz CT molecular complexity index is 769. The molecule has 1 fully saturated rings. The van der Waals surface area contributed by atoms with E-state index in [1.54, 1.807) is 25.5 Å². The summed E-state index contributed by atoms with van der Waals surface area (Å²) < 4.78 is 5.10. The summed E-state index contributed by atoms with van der Waals surface area (Å²) in [4.78, 5) is 14.5. The maximum atomic E-state index is 12.2. The first-order valence-electron chi connectivity index (χ1n) is 8.19. The van der Waals surface area contributed by atoms with Gasteiger partial charge < -0.3 is 9.64 Å². The minimum absolute atomic E-state index is 0.246. The van der Waals surface area contributed by atoms with Gasteiger partial charge in [-0.2, -0.15) is 5.10 Å². The summed E-state index contributed by atoms with van der Waals surface area (Å²) in [5, 5.41) is 4.48. The molecule has 2 aromatic rings. The maximum Gasteiger partial charge on any atom is 0.271 e. The molecule has 0 bridgehead atoms. The summed E-state index contributed by atoms with van der Waals surface area (Å²) >= 11 is 6.06. The molecule has 25 heavy (non-hydrogen) atoms. The normalized spacial score (nSPS) is 14.1. The number of carbonyl (C=O) groups is 1. The number of hydrazone groups is 1. The number of rotatable bonds is 5. The first-order chi connectivity index (χ1) is 12.2. The highest BCUT2D eigenvalue weighted by atomic mass is 35.5. The van der Waals surface area contributed by atoms with Crippen LogP contribution >= 0.6 is 11.6 Å². The van der Waals surface area contributed by atoms with Crippen molar-refractivity contribution in [1.29, 1.82) is 0 Å². The first-order valence-corrected chi connectivity index (χ1v) is 8.57. The Kier molecular flexibility index (Phi) is 5.56. The molecule has 0 atom stereocenters. The van der Waals surface area contributed by atoms with Crippen LogP contribution in [0.3, 0.4) is 0 Å². The van der Waals surface area contributed by atoms with E-state index in [4.69, 9.17) is 16.3 Å². The summed E-state index contributed by atoms with van der Waals surface area (Å²) in [6, 6.07) is 12.9. The summed E-state index contributed by atoms with van der Waals surface area (Å²) in [5.74, 6) is 0.352. The van der Waals surface area contributed by atoms with E-state index in [9.17, 15) is 4.79 Å². The van der Waals surface area contributed by atoms with Gasteiger partial charge in [0.25, 0.3) is 5.91 Å². The number of ether oxygens (including phenoxy) is 1. The van der Waals surface area contributed by atoms with Gasteiger partial charge in [-0.05, 0) is 60.9 Å². The van der Waals surface area contributed by atoms with Crippen LogP contribution < -0.4 is 15.1 Å². The highest BCUT2D eigenvalue weighted by Gasteiger charge is 2.12. The van der Waals surface area contributed by atoms with Crippen molar-refractivity contribution in [3.63, 3.8) is 0 Å². The molecular weight excluding hydrogens is 338 g/mol. The third kappa shape index (κ3) is 4.31. The van der Waals surface area contributed by atoms with E-state index < -0.39 is 0 Å². The zero-order chi connectivity index (χ0) is 17.6. The number of anilines is 1. The third-order valence-corrected chi connectivity index (χ3v) is 4.45. The van der Waals surface area contributed by atoms with Crippen LogP contribution in [0.4, 0.5) is 5.69 Å². The Hall–Kier alpha value is -2.53. The molecule has 1 N–H and O–H groups in total. The van der Waals surface area contributed by atoms with E-state index >= 15 is 0 Å². The average molecular weight is 358 g/mol. The quantitative estimate of drug-likeness (QED) is 0.655. The van der Waals surface area contributed by atoms with Gasteiger partial charge in [0.1, 0.15) is 5.75 Å². The van der Waals surface area contributed by atoms with E-state index in [1.807, 2.05) is 30.3 Å². The third-order valence-electron chi connectivity index (χ3n) is 4.16. The van der Waals surface area contributed by atoms with E-state index in [0.717, 1.165) is 24.3 Å². The number of nitrogens with zero attached hydrogens (tertiary/aromatic N) is 2. The van der Waals surface area contributed by atoms with Crippen LogP contribution in [0.1, 0.15) is 28.8 Å². The van der Waals surface area contributed by atoms with Crippen LogP contribution in [-0.4, -0.2) is 32.3 Å². The fourth-order valence-electron chi connectivity index (χ4n) is 2.79. The largest absolute Gasteiger partial charge is 0.495 e. The lowest BCUT2D eigenvalue weighted by Crippen LogP contribution is -2.19. The average Bonchev–Trinajstić information content (AvgIpc) is 3.16. The number of halogens is 1. The van der Waals surface area contributed by atoms with Crippen molar-refractivity contribution in [1.82, 2.24) is 5.43 Å². The summed E-state index contributed by atoms with van der Waals surface area (Å²) in [6.45, 7) is 2.17. The Balaban J connectivity index is 1.59. The van der Waals surface area contributed by atoms with Gasteiger partial charge in [0.05, 0.1) is 18.3 Å². The van der Waals surface area contributed by atoms with Crippen LogP contribution in [0.15, 0.2) is 47.6 Å². The Morgan fingerprint density at radius 1 is 1.20 bits per heavy atom. The lowest BCUT2D eigenvalue weighted by atomic mass is 10.2. The molecule has 130 valence electrons. The highest BCUT2D eigenvalue weighted by molar-refractivity contribution is 6.32. The van der Waals surface area contributed by atoms with Crippen molar-refractivity contribution < 1.29 is 9.53 Å². The number of hydrogen-bond acceptors (Lipinski definition) is 4. The molecule has 1 aliphatic heterocycles. The van der Waals surface area contributed by atoms with Crippen LogP contribution in [0.25, 0.3) is 0 Å². The van der Waals surface area contributed by atoms with Crippen molar-refractivity contribution in [3.05, 3.63) is 58.6 Å². The number of methoxy groups -OCH3 is 1. The van der Waals surface area contributed by atoms with Crippen LogP contribution in [0.2, 0.25) is 5.02 Å². The summed E-state index contributed by atoms with van der Waals surface area (Å²) in [7, 11) is 1.56. The molecule has 3 rings (SSSR count). The molecule has 1 amide bonds. The van der Waals surface area contributed by atoms with Crippen molar-refractivity contribution in [3.8, 4) is 5.75 Å². The van der Waals surface area contributed by atoms with Gasteiger partial charge in [0.15, 0.2) is 0 Å². The van der Waals surface area contributed by atoms with E-state index in [-0.39, 0.29) is 5.91 Å². The van der Waals surface area contributed by atoms with E-state index in [1.165, 1.54) is 12.8 Å². The first kappa shape index (κ1) is 17.3. The lowest BCUT2D eigenvalue weighted by molar-refractivity contribution is 0.0955. The predicted molar refractivity (Wildman–Crippen MR) is 101 cm³/mol. The number of benzene rings is 2. The molecule has 6 heteroatoms. The smallest absolute Gasteiger partial charge is 0.271 e. The van der Waals surface area contributed by atoms with Crippen LogP contribution in [0, 0.1) is 0 Å². The van der Waals surface area contributed by atoms with Gasteiger partial charge in [-0.3, -0.25) is 4.79 Å². The van der Waals surface area contributed by atoms with Gasteiger partial charge in [0, 0.05) is 24.3 Å². The molecule has 0 spiro atoms. The predicted octanol–water partition coefficient (Wildman–Crippen LogP) is 3.71. The minimum atomic E-state index is -0.246. The zero-order valence-electron chi connectivity index (χ0n) is 14.0. The lowest BCUT2D eigenvalue weighted by Gasteiger charge is -2.17.